The Kier molecular flexibility index (Phi) is 9.13. The number of hydrogen-bond acceptors (Lipinski definition) is 4. The molecule has 1 heterocycles. The van der Waals surface area contributed by atoms with E-state index < -0.39 is 12.6 Å². The largest absolute Gasteiger partial charge is 0.489 e. The summed E-state index contributed by atoms with van der Waals surface area (Å²) >= 11 is 6.35. The van der Waals surface area contributed by atoms with E-state index in [-0.39, 0.29) is 30.0 Å². The Morgan fingerprint density at radius 3 is 2.50 bits per heavy atom. The third kappa shape index (κ3) is 6.77. The lowest BCUT2D eigenvalue weighted by molar-refractivity contribution is -0.139. The second-order valence-electron chi connectivity index (χ2n) is 10.3. The van der Waals surface area contributed by atoms with Gasteiger partial charge in [0, 0.05) is 22.4 Å². The van der Waals surface area contributed by atoms with E-state index in [1.165, 1.54) is 0 Å². The summed E-state index contributed by atoms with van der Waals surface area (Å²) in [7, 11) is 0. The van der Waals surface area contributed by atoms with Crippen LogP contribution >= 0.6 is 11.6 Å². The third-order valence-electron chi connectivity index (χ3n) is 7.03. The minimum Gasteiger partial charge on any atom is -0.489 e. The first-order valence-electron chi connectivity index (χ1n) is 12.9. The molecule has 5 nitrogen and oxygen atoms in total. The lowest BCUT2D eigenvalue weighted by Gasteiger charge is -2.44. The zero-order valence-electron chi connectivity index (χ0n) is 22.1. The molecule has 200 valence electrons. The maximum absolute atomic E-state index is 11.3. The summed E-state index contributed by atoms with van der Waals surface area (Å²) < 4.78 is 18.7. The van der Waals surface area contributed by atoms with Crippen LogP contribution in [0.25, 0.3) is 0 Å². The molecule has 1 saturated heterocycles. The van der Waals surface area contributed by atoms with Gasteiger partial charge >= 0.3 is 5.97 Å². The molecule has 4 atom stereocenters. The number of hydrogen-bond donors (Lipinski definition) is 1. The van der Waals surface area contributed by atoms with Gasteiger partial charge in [-0.25, -0.2) is 4.79 Å². The Hall–Kier alpha value is -3.28. The minimum absolute atomic E-state index is 0.0227. The summed E-state index contributed by atoms with van der Waals surface area (Å²) in [5.41, 5.74) is 3.95. The van der Waals surface area contributed by atoms with Gasteiger partial charge in [0.05, 0.1) is 12.2 Å². The molecule has 0 amide bonds. The number of benzene rings is 3. The van der Waals surface area contributed by atoms with Crippen LogP contribution in [-0.2, 0) is 16.1 Å². The van der Waals surface area contributed by atoms with Crippen LogP contribution in [-0.4, -0.2) is 23.8 Å². The summed E-state index contributed by atoms with van der Waals surface area (Å²) in [5, 5.41) is 9.97. The van der Waals surface area contributed by atoms with Gasteiger partial charge in [0.15, 0.2) is 6.61 Å². The Labute approximate surface area is 230 Å². The van der Waals surface area contributed by atoms with Crippen molar-refractivity contribution in [3.05, 3.63) is 107 Å². The average molecular weight is 535 g/mol. The van der Waals surface area contributed by atoms with Crippen LogP contribution in [0.1, 0.15) is 55.9 Å². The molecule has 1 N–H and O–H groups in total. The lowest BCUT2D eigenvalue weighted by atomic mass is 9.73. The normalized spacial score (nSPS) is 21.2. The maximum Gasteiger partial charge on any atom is 0.341 e. The molecule has 0 spiro atoms. The molecule has 0 aromatic heterocycles. The SMILES string of the molecule is C=C(C)[C@H]1C[C@H](c2cccc(Cl)c2)[C@@H](C(C)C)O[C@@H]1c1cc(OCc2ccccc2)ccc1OCC(=O)O. The number of carboxylic acid groups (broad SMARTS) is 1. The molecule has 38 heavy (non-hydrogen) atoms. The smallest absolute Gasteiger partial charge is 0.341 e. The van der Waals surface area contributed by atoms with Crippen molar-refractivity contribution in [2.24, 2.45) is 11.8 Å². The van der Waals surface area contributed by atoms with Crippen LogP contribution in [0.3, 0.4) is 0 Å². The minimum atomic E-state index is -1.04. The van der Waals surface area contributed by atoms with E-state index in [1.807, 2.05) is 61.5 Å². The van der Waals surface area contributed by atoms with Crippen molar-refractivity contribution in [1.29, 1.82) is 0 Å². The van der Waals surface area contributed by atoms with Crippen molar-refractivity contribution >= 4 is 17.6 Å². The lowest BCUT2D eigenvalue weighted by Crippen LogP contribution is -2.39. The molecule has 1 aliphatic rings. The molecule has 0 unspecified atom stereocenters. The highest BCUT2D eigenvalue weighted by molar-refractivity contribution is 6.30. The van der Waals surface area contributed by atoms with E-state index in [9.17, 15) is 9.90 Å². The average Bonchev–Trinajstić information content (AvgIpc) is 2.90. The second-order valence-corrected chi connectivity index (χ2v) is 10.7. The Morgan fingerprint density at radius 1 is 1.08 bits per heavy atom. The van der Waals surface area contributed by atoms with Gasteiger partial charge in [0.25, 0.3) is 0 Å². The van der Waals surface area contributed by atoms with Gasteiger partial charge in [-0.15, -0.1) is 0 Å². The summed E-state index contributed by atoms with van der Waals surface area (Å²) in [6, 6.07) is 23.4. The van der Waals surface area contributed by atoms with Gasteiger partial charge in [-0.2, -0.15) is 0 Å². The van der Waals surface area contributed by atoms with Crippen LogP contribution in [0, 0.1) is 11.8 Å². The van der Waals surface area contributed by atoms with E-state index in [2.05, 4.69) is 26.5 Å². The van der Waals surface area contributed by atoms with Crippen molar-refractivity contribution in [3.8, 4) is 11.5 Å². The molecule has 0 saturated carbocycles. The number of carbonyl (C=O) groups is 1. The molecule has 4 rings (SSSR count). The van der Waals surface area contributed by atoms with Crippen molar-refractivity contribution < 1.29 is 24.1 Å². The van der Waals surface area contributed by atoms with E-state index in [0.717, 1.165) is 28.7 Å². The van der Waals surface area contributed by atoms with Crippen LogP contribution in [0.4, 0.5) is 0 Å². The van der Waals surface area contributed by atoms with Gasteiger partial charge in [0.1, 0.15) is 18.1 Å². The number of ether oxygens (including phenoxy) is 3. The Morgan fingerprint density at radius 2 is 1.84 bits per heavy atom. The molecule has 3 aromatic rings. The fraction of sp³-hybridized carbons (Fsp3) is 0.344. The van der Waals surface area contributed by atoms with Crippen LogP contribution < -0.4 is 9.47 Å². The first-order chi connectivity index (χ1) is 18.2. The maximum atomic E-state index is 11.3. The van der Waals surface area contributed by atoms with E-state index in [4.69, 9.17) is 25.8 Å². The number of rotatable bonds is 10. The summed E-state index contributed by atoms with van der Waals surface area (Å²) in [6.45, 7) is 10.6. The fourth-order valence-electron chi connectivity index (χ4n) is 5.18. The number of aliphatic carboxylic acids is 1. The van der Waals surface area contributed by atoms with Crippen molar-refractivity contribution in [2.45, 2.75) is 51.9 Å². The summed E-state index contributed by atoms with van der Waals surface area (Å²) in [4.78, 5) is 11.3. The van der Waals surface area contributed by atoms with Gasteiger partial charge < -0.3 is 19.3 Å². The molecular weight excluding hydrogens is 500 g/mol. The topological polar surface area (TPSA) is 65.0 Å². The van der Waals surface area contributed by atoms with Crippen molar-refractivity contribution in [2.75, 3.05) is 6.61 Å². The number of carboxylic acids is 1. The molecule has 0 radical (unpaired) electrons. The predicted octanol–water partition coefficient (Wildman–Crippen LogP) is 7.84. The monoisotopic (exact) mass is 534 g/mol. The predicted molar refractivity (Wildman–Crippen MR) is 150 cm³/mol. The highest BCUT2D eigenvalue weighted by Gasteiger charge is 2.42. The molecule has 1 aliphatic heterocycles. The van der Waals surface area contributed by atoms with E-state index in [0.29, 0.717) is 23.1 Å². The van der Waals surface area contributed by atoms with E-state index in [1.54, 1.807) is 12.1 Å². The first kappa shape index (κ1) is 27.7. The Bertz CT molecular complexity index is 1260. The molecule has 3 aromatic carbocycles. The summed E-state index contributed by atoms with van der Waals surface area (Å²) in [5.74, 6) is 0.432. The Balaban J connectivity index is 1.70. The van der Waals surface area contributed by atoms with Crippen LogP contribution in [0.2, 0.25) is 5.02 Å². The van der Waals surface area contributed by atoms with Gasteiger partial charge in [-0.05, 0) is 60.7 Å². The standard InChI is InChI=1S/C32H35ClO5/c1-20(2)26-17-27(23-11-8-12-24(33)15-23)31(21(3)4)38-32(26)28-16-25(13-14-29(28)37-19-30(34)35)36-18-22-9-6-5-7-10-22/h5-16,21,26-27,31-32H,1,17-19H2,2-4H3,(H,34,35)/t26-,27-,31-,32+/m1/s1. The fourth-order valence-corrected chi connectivity index (χ4v) is 5.37. The highest BCUT2D eigenvalue weighted by Crippen LogP contribution is 2.50. The third-order valence-corrected chi connectivity index (χ3v) is 7.26. The number of halogens is 1. The van der Waals surface area contributed by atoms with Crippen LogP contribution in [0.5, 0.6) is 11.5 Å². The zero-order chi connectivity index (χ0) is 27.2. The quantitative estimate of drug-likeness (QED) is 0.268. The second kappa shape index (κ2) is 12.5. The zero-order valence-corrected chi connectivity index (χ0v) is 22.9. The first-order valence-corrected chi connectivity index (χ1v) is 13.3. The molecular formula is C32H35ClO5. The molecule has 6 heteroatoms. The van der Waals surface area contributed by atoms with Crippen LogP contribution in [0.15, 0.2) is 84.9 Å². The van der Waals surface area contributed by atoms with Crippen molar-refractivity contribution in [3.63, 3.8) is 0 Å². The van der Waals surface area contributed by atoms with E-state index >= 15 is 0 Å². The molecule has 0 bridgehead atoms. The van der Waals surface area contributed by atoms with Gasteiger partial charge in [-0.1, -0.05) is 80.1 Å². The van der Waals surface area contributed by atoms with Crippen molar-refractivity contribution in [1.82, 2.24) is 0 Å². The highest BCUT2D eigenvalue weighted by atomic mass is 35.5. The molecule has 0 aliphatic carbocycles. The molecule has 1 fully saturated rings. The summed E-state index contributed by atoms with van der Waals surface area (Å²) in [6.07, 6.45) is 0.353. The van der Waals surface area contributed by atoms with Gasteiger partial charge in [0.2, 0.25) is 0 Å². The van der Waals surface area contributed by atoms with Gasteiger partial charge in [-0.3, -0.25) is 0 Å².